The van der Waals surface area contributed by atoms with Crippen LogP contribution in [0.3, 0.4) is 0 Å². The van der Waals surface area contributed by atoms with Gasteiger partial charge in [-0.1, -0.05) is 18.5 Å². The predicted octanol–water partition coefficient (Wildman–Crippen LogP) is 2.09. The van der Waals surface area contributed by atoms with Crippen LogP contribution in [-0.2, 0) is 16.1 Å². The second-order valence-corrected chi connectivity index (χ2v) is 3.74. The molecule has 0 aromatic heterocycles. The number of aryl methyl sites for hydroxylation is 1. The van der Waals surface area contributed by atoms with Gasteiger partial charge in [0.1, 0.15) is 5.75 Å². The second kappa shape index (κ2) is 5.72. The number of hydrogen-bond donors (Lipinski definition) is 1. The van der Waals surface area contributed by atoms with Gasteiger partial charge in [-0.25, -0.2) is 4.79 Å². The summed E-state index contributed by atoms with van der Waals surface area (Å²) in [5, 5.41) is 0.637. The molecular formula is C11H14ClNO3. The van der Waals surface area contributed by atoms with E-state index in [1.54, 1.807) is 25.1 Å². The van der Waals surface area contributed by atoms with Crippen molar-refractivity contribution < 1.29 is 14.4 Å². The lowest BCUT2D eigenvalue weighted by atomic mass is 10.1. The molecule has 4 nitrogen and oxygen atoms in total. The largest absolute Gasteiger partial charge is 0.479 e. The summed E-state index contributed by atoms with van der Waals surface area (Å²) in [6, 6.07) is 5.23. The molecule has 0 aliphatic carbocycles. The van der Waals surface area contributed by atoms with Crippen LogP contribution in [0, 0.1) is 0 Å². The molecule has 0 saturated heterocycles. The Bertz CT molecular complexity index is 381. The van der Waals surface area contributed by atoms with E-state index in [0.717, 1.165) is 12.0 Å². The standard InChI is InChI=1S/C11H14ClNO3/c1-3-8-6-9(12)4-5-10(8)15-7(2)11(14)16-13/h4-7H,3,13H2,1-2H3/t7-/m0/s1. The van der Waals surface area contributed by atoms with E-state index in [-0.39, 0.29) is 0 Å². The van der Waals surface area contributed by atoms with Crippen molar-refractivity contribution in [1.82, 2.24) is 0 Å². The summed E-state index contributed by atoms with van der Waals surface area (Å²) in [5.74, 6) is 4.77. The van der Waals surface area contributed by atoms with Crippen LogP contribution >= 0.6 is 11.6 Å². The van der Waals surface area contributed by atoms with Crippen molar-refractivity contribution >= 4 is 17.6 Å². The molecule has 1 aromatic carbocycles. The molecule has 1 rings (SSSR count). The van der Waals surface area contributed by atoms with Crippen molar-refractivity contribution in [2.75, 3.05) is 0 Å². The van der Waals surface area contributed by atoms with Gasteiger partial charge < -0.3 is 9.57 Å². The lowest BCUT2D eigenvalue weighted by molar-refractivity contribution is -0.151. The number of hydrogen-bond acceptors (Lipinski definition) is 4. The summed E-state index contributed by atoms with van der Waals surface area (Å²) in [5.41, 5.74) is 0.934. The fourth-order valence-electron chi connectivity index (χ4n) is 1.27. The Balaban J connectivity index is 2.84. The average Bonchev–Trinajstić information content (AvgIpc) is 2.30. The summed E-state index contributed by atoms with van der Waals surface area (Å²) in [4.78, 5) is 15.2. The highest BCUT2D eigenvalue weighted by Crippen LogP contribution is 2.24. The van der Waals surface area contributed by atoms with Crippen molar-refractivity contribution in [3.8, 4) is 5.75 Å². The molecule has 0 amide bonds. The topological polar surface area (TPSA) is 61.5 Å². The molecule has 0 heterocycles. The van der Waals surface area contributed by atoms with Crippen molar-refractivity contribution in [1.29, 1.82) is 0 Å². The minimum Gasteiger partial charge on any atom is -0.479 e. The summed E-state index contributed by atoms with van der Waals surface area (Å²) in [6.07, 6.45) is 0.0248. The third-order valence-corrected chi connectivity index (χ3v) is 2.39. The lowest BCUT2D eigenvalue weighted by Crippen LogP contribution is -2.28. The number of nitrogens with two attached hydrogens (primary N) is 1. The van der Waals surface area contributed by atoms with Gasteiger partial charge in [0.2, 0.25) is 0 Å². The van der Waals surface area contributed by atoms with E-state index in [0.29, 0.717) is 10.8 Å². The fourth-order valence-corrected chi connectivity index (χ4v) is 1.47. The van der Waals surface area contributed by atoms with Gasteiger partial charge in [-0.15, -0.1) is 0 Å². The maximum Gasteiger partial charge on any atom is 0.365 e. The van der Waals surface area contributed by atoms with Gasteiger partial charge >= 0.3 is 5.97 Å². The summed E-state index contributed by atoms with van der Waals surface area (Å²) in [6.45, 7) is 3.55. The molecule has 0 saturated carbocycles. The third-order valence-electron chi connectivity index (χ3n) is 2.16. The van der Waals surface area contributed by atoms with Crippen LogP contribution in [0.25, 0.3) is 0 Å². The molecule has 0 spiro atoms. The van der Waals surface area contributed by atoms with Gasteiger partial charge in [-0.2, -0.15) is 5.90 Å². The molecule has 0 unspecified atom stereocenters. The van der Waals surface area contributed by atoms with Crippen molar-refractivity contribution in [3.05, 3.63) is 28.8 Å². The number of halogens is 1. The van der Waals surface area contributed by atoms with Gasteiger partial charge in [0, 0.05) is 5.02 Å². The summed E-state index contributed by atoms with van der Waals surface area (Å²) >= 11 is 5.85. The number of carbonyl (C=O) groups excluding carboxylic acids is 1. The normalized spacial score (nSPS) is 12.0. The number of rotatable bonds is 4. The van der Waals surface area contributed by atoms with Crippen LogP contribution < -0.4 is 10.6 Å². The highest BCUT2D eigenvalue weighted by molar-refractivity contribution is 6.30. The molecule has 2 N–H and O–H groups in total. The Morgan fingerprint density at radius 1 is 1.56 bits per heavy atom. The summed E-state index contributed by atoms with van der Waals surface area (Å²) in [7, 11) is 0. The first-order valence-corrected chi connectivity index (χ1v) is 5.32. The molecule has 16 heavy (non-hydrogen) atoms. The van der Waals surface area contributed by atoms with Gasteiger partial charge in [0.05, 0.1) is 0 Å². The minimum absolute atomic E-state index is 0.614. The molecule has 0 radical (unpaired) electrons. The minimum atomic E-state index is -0.739. The highest BCUT2D eigenvalue weighted by atomic mass is 35.5. The predicted molar refractivity (Wildman–Crippen MR) is 61.2 cm³/mol. The molecule has 0 bridgehead atoms. The third kappa shape index (κ3) is 3.12. The van der Waals surface area contributed by atoms with Gasteiger partial charge in [-0.3, -0.25) is 0 Å². The van der Waals surface area contributed by atoms with Crippen LogP contribution in [0.15, 0.2) is 18.2 Å². The monoisotopic (exact) mass is 243 g/mol. The van der Waals surface area contributed by atoms with E-state index < -0.39 is 12.1 Å². The molecule has 0 aliphatic heterocycles. The zero-order valence-electron chi connectivity index (χ0n) is 9.20. The Labute approximate surface area is 99.2 Å². The average molecular weight is 244 g/mol. The Kier molecular flexibility index (Phi) is 4.58. The molecule has 1 aromatic rings. The Hall–Kier alpha value is -1.26. The van der Waals surface area contributed by atoms with E-state index in [1.807, 2.05) is 6.92 Å². The van der Waals surface area contributed by atoms with Gasteiger partial charge in [0.15, 0.2) is 6.10 Å². The molecular weight excluding hydrogens is 230 g/mol. The number of ether oxygens (including phenoxy) is 1. The van der Waals surface area contributed by atoms with Gasteiger partial charge in [0.25, 0.3) is 0 Å². The van der Waals surface area contributed by atoms with Crippen molar-refractivity contribution in [2.45, 2.75) is 26.4 Å². The first kappa shape index (κ1) is 12.8. The van der Waals surface area contributed by atoms with E-state index in [9.17, 15) is 4.79 Å². The van der Waals surface area contributed by atoms with Crippen LogP contribution in [-0.4, -0.2) is 12.1 Å². The Morgan fingerprint density at radius 2 is 2.25 bits per heavy atom. The van der Waals surface area contributed by atoms with Crippen molar-refractivity contribution in [3.63, 3.8) is 0 Å². The van der Waals surface area contributed by atoms with E-state index >= 15 is 0 Å². The molecule has 5 heteroatoms. The second-order valence-electron chi connectivity index (χ2n) is 3.30. The van der Waals surface area contributed by atoms with E-state index in [1.165, 1.54) is 0 Å². The van der Waals surface area contributed by atoms with Crippen LogP contribution in [0.4, 0.5) is 0 Å². The molecule has 0 fully saturated rings. The van der Waals surface area contributed by atoms with Crippen LogP contribution in [0.2, 0.25) is 5.02 Å². The maximum atomic E-state index is 11.1. The zero-order valence-corrected chi connectivity index (χ0v) is 9.95. The van der Waals surface area contributed by atoms with E-state index in [2.05, 4.69) is 4.84 Å². The van der Waals surface area contributed by atoms with Crippen LogP contribution in [0.5, 0.6) is 5.75 Å². The van der Waals surface area contributed by atoms with Crippen molar-refractivity contribution in [2.24, 2.45) is 5.90 Å². The number of benzene rings is 1. The molecule has 0 aliphatic rings. The highest BCUT2D eigenvalue weighted by Gasteiger charge is 2.16. The fraction of sp³-hybridized carbons (Fsp3) is 0.364. The summed E-state index contributed by atoms with van der Waals surface area (Å²) < 4.78 is 5.43. The SMILES string of the molecule is CCc1cc(Cl)ccc1O[C@@H](C)C(=O)ON. The van der Waals surface area contributed by atoms with Crippen LogP contribution in [0.1, 0.15) is 19.4 Å². The zero-order chi connectivity index (χ0) is 12.1. The molecule has 1 atom stereocenters. The van der Waals surface area contributed by atoms with E-state index in [4.69, 9.17) is 22.2 Å². The quantitative estimate of drug-likeness (QED) is 0.823. The Morgan fingerprint density at radius 3 is 2.81 bits per heavy atom. The lowest BCUT2D eigenvalue weighted by Gasteiger charge is -2.14. The first-order chi connectivity index (χ1) is 7.58. The smallest absolute Gasteiger partial charge is 0.365 e. The number of carbonyl (C=O) groups is 1. The first-order valence-electron chi connectivity index (χ1n) is 4.94. The van der Waals surface area contributed by atoms with Gasteiger partial charge in [-0.05, 0) is 37.1 Å². The maximum absolute atomic E-state index is 11.1. The molecule has 88 valence electrons.